The molecule has 238 valence electrons. The first-order chi connectivity index (χ1) is 21.6. The molecule has 3 aromatic carbocycles. The SMILES string of the molecule is CCc1c(-c2cccc3c(CCCOc4cccc5ccccc45)c(C(=O)O)[nH]c23)c(C(C)N(C)S(=O)(=O)CCCCl)nn1C. The van der Waals surface area contributed by atoms with Gasteiger partial charge in [-0.2, -0.15) is 9.40 Å². The van der Waals surface area contributed by atoms with Crippen molar-refractivity contribution in [2.75, 3.05) is 25.3 Å². The summed E-state index contributed by atoms with van der Waals surface area (Å²) in [5.74, 6) is -0.0354. The van der Waals surface area contributed by atoms with E-state index in [0.717, 1.165) is 38.7 Å². The summed E-state index contributed by atoms with van der Waals surface area (Å²) >= 11 is 5.79. The summed E-state index contributed by atoms with van der Waals surface area (Å²) in [6, 6.07) is 19.2. The number of H-pyrrole nitrogens is 1. The Balaban J connectivity index is 1.50. The van der Waals surface area contributed by atoms with Gasteiger partial charge in [-0.25, -0.2) is 13.2 Å². The Morgan fingerprint density at radius 2 is 1.80 bits per heavy atom. The van der Waals surface area contributed by atoms with E-state index in [1.54, 1.807) is 11.7 Å². The maximum atomic E-state index is 13.1. The highest BCUT2D eigenvalue weighted by Crippen LogP contribution is 2.39. The summed E-state index contributed by atoms with van der Waals surface area (Å²) in [7, 11) is -0.168. The van der Waals surface area contributed by atoms with Crippen LogP contribution in [0.5, 0.6) is 5.75 Å². The predicted molar refractivity (Wildman–Crippen MR) is 180 cm³/mol. The Morgan fingerprint density at radius 1 is 1.09 bits per heavy atom. The van der Waals surface area contributed by atoms with Crippen LogP contribution in [0.3, 0.4) is 0 Å². The fraction of sp³-hybridized carbons (Fsp3) is 0.353. The number of hydrogen-bond acceptors (Lipinski definition) is 5. The number of nitrogens with zero attached hydrogens (tertiary/aromatic N) is 3. The molecule has 11 heteroatoms. The number of nitrogens with one attached hydrogen (secondary N) is 1. The Labute approximate surface area is 268 Å². The minimum Gasteiger partial charge on any atom is -0.493 e. The van der Waals surface area contributed by atoms with E-state index in [9.17, 15) is 18.3 Å². The molecule has 1 unspecified atom stereocenters. The Bertz CT molecular complexity index is 1940. The molecule has 2 heterocycles. The van der Waals surface area contributed by atoms with E-state index in [1.165, 1.54) is 4.31 Å². The van der Waals surface area contributed by atoms with Crippen LogP contribution in [0.1, 0.15) is 60.2 Å². The largest absolute Gasteiger partial charge is 0.493 e. The van der Waals surface area contributed by atoms with Crippen LogP contribution >= 0.6 is 11.6 Å². The zero-order chi connectivity index (χ0) is 32.3. The molecule has 5 rings (SSSR count). The number of carboxylic acid groups (broad SMARTS) is 1. The second-order valence-electron chi connectivity index (χ2n) is 11.2. The number of ether oxygens (including phenoxy) is 1. The molecule has 2 aromatic heterocycles. The number of alkyl halides is 1. The molecule has 0 aliphatic heterocycles. The van der Waals surface area contributed by atoms with Crippen LogP contribution in [0.2, 0.25) is 0 Å². The van der Waals surface area contributed by atoms with Gasteiger partial charge in [-0.15, -0.1) is 11.6 Å². The van der Waals surface area contributed by atoms with E-state index in [-0.39, 0.29) is 17.3 Å². The Kier molecular flexibility index (Phi) is 9.86. The molecule has 0 aliphatic rings. The van der Waals surface area contributed by atoms with Crippen molar-refractivity contribution in [3.05, 3.63) is 83.3 Å². The van der Waals surface area contributed by atoms with Crippen molar-refractivity contribution in [3.63, 3.8) is 0 Å². The lowest BCUT2D eigenvalue weighted by atomic mass is 9.95. The van der Waals surface area contributed by atoms with E-state index in [2.05, 4.69) is 4.98 Å². The number of aromatic carboxylic acids is 1. The van der Waals surface area contributed by atoms with Crippen molar-refractivity contribution in [2.45, 2.75) is 45.6 Å². The third-order valence-electron chi connectivity index (χ3n) is 8.45. The van der Waals surface area contributed by atoms with Gasteiger partial charge in [-0.05, 0) is 49.6 Å². The van der Waals surface area contributed by atoms with Crippen LogP contribution in [0.4, 0.5) is 0 Å². The van der Waals surface area contributed by atoms with Gasteiger partial charge in [-0.1, -0.05) is 61.5 Å². The molecule has 9 nitrogen and oxygen atoms in total. The van der Waals surface area contributed by atoms with Crippen LogP contribution < -0.4 is 4.74 Å². The average Bonchev–Trinajstić information content (AvgIpc) is 3.58. The molecule has 0 spiro atoms. The molecule has 0 radical (unpaired) electrons. The second-order valence-corrected chi connectivity index (χ2v) is 13.7. The normalized spacial score (nSPS) is 12.8. The van der Waals surface area contributed by atoms with Crippen molar-refractivity contribution in [2.24, 2.45) is 7.05 Å². The van der Waals surface area contributed by atoms with Crippen molar-refractivity contribution in [1.29, 1.82) is 0 Å². The first kappa shape index (κ1) is 32.5. The van der Waals surface area contributed by atoms with Gasteiger partial charge < -0.3 is 14.8 Å². The number of aryl methyl sites for hydroxylation is 2. The van der Waals surface area contributed by atoms with Gasteiger partial charge in [0.25, 0.3) is 0 Å². The number of rotatable bonds is 14. The number of sulfonamides is 1. The third kappa shape index (κ3) is 6.45. The Hall–Kier alpha value is -3.86. The highest BCUT2D eigenvalue weighted by atomic mass is 35.5. The summed E-state index contributed by atoms with van der Waals surface area (Å²) in [6.07, 6.45) is 2.11. The summed E-state index contributed by atoms with van der Waals surface area (Å²) in [4.78, 5) is 15.7. The number of para-hydroxylation sites is 1. The first-order valence-electron chi connectivity index (χ1n) is 15.1. The van der Waals surface area contributed by atoms with Crippen LogP contribution in [0.15, 0.2) is 60.7 Å². The van der Waals surface area contributed by atoms with Gasteiger partial charge in [0.1, 0.15) is 11.4 Å². The number of halogens is 1. The van der Waals surface area contributed by atoms with E-state index < -0.39 is 22.0 Å². The summed E-state index contributed by atoms with van der Waals surface area (Å²) in [6.45, 7) is 4.27. The zero-order valence-corrected chi connectivity index (χ0v) is 27.6. The van der Waals surface area contributed by atoms with Gasteiger partial charge in [0.2, 0.25) is 10.0 Å². The summed E-state index contributed by atoms with van der Waals surface area (Å²) in [5, 5.41) is 17.9. The monoisotopic (exact) mass is 650 g/mol. The molecular weight excluding hydrogens is 612 g/mol. The summed E-state index contributed by atoms with van der Waals surface area (Å²) in [5.41, 5.74) is 4.65. The molecule has 2 N–H and O–H groups in total. The maximum Gasteiger partial charge on any atom is 0.352 e. The smallest absolute Gasteiger partial charge is 0.352 e. The van der Waals surface area contributed by atoms with Crippen molar-refractivity contribution in [1.82, 2.24) is 19.1 Å². The summed E-state index contributed by atoms with van der Waals surface area (Å²) < 4.78 is 35.4. The van der Waals surface area contributed by atoms with Gasteiger partial charge in [0, 0.05) is 47.6 Å². The molecule has 1 atom stereocenters. The molecule has 5 aromatic rings. The van der Waals surface area contributed by atoms with Gasteiger partial charge in [0.15, 0.2) is 0 Å². The van der Waals surface area contributed by atoms with Crippen molar-refractivity contribution in [3.8, 4) is 16.9 Å². The standard InChI is InChI=1S/C34H39ClN4O5S/c1-5-28-30(31(37-38(28)3)22(2)39(4)45(42,43)21-11-19-35)27-16-9-15-25-26(33(34(40)41)36-32(25)27)17-10-20-44-29-18-8-13-23-12-6-7-14-24(23)29/h6-9,12-16,18,22,36H,5,10-11,17,19-21H2,1-4H3,(H,40,41). The van der Waals surface area contributed by atoms with Crippen LogP contribution in [-0.4, -0.2) is 63.9 Å². The molecule has 0 saturated heterocycles. The molecule has 45 heavy (non-hydrogen) atoms. The van der Waals surface area contributed by atoms with E-state index in [4.69, 9.17) is 21.4 Å². The number of carbonyl (C=O) groups is 1. The van der Waals surface area contributed by atoms with Crippen LogP contribution in [-0.2, 0) is 29.9 Å². The number of fused-ring (bicyclic) bond motifs is 2. The molecule has 0 saturated carbocycles. The molecule has 0 fully saturated rings. The highest BCUT2D eigenvalue weighted by Gasteiger charge is 2.31. The number of aromatic nitrogens is 3. The van der Waals surface area contributed by atoms with E-state index >= 15 is 0 Å². The molecular formula is C34H39ClN4O5S. The quantitative estimate of drug-likeness (QED) is 0.0993. The van der Waals surface area contributed by atoms with Crippen molar-refractivity contribution >= 4 is 49.3 Å². The lowest BCUT2D eigenvalue weighted by molar-refractivity contribution is 0.0690. The minimum absolute atomic E-state index is 0.0537. The molecule has 0 bridgehead atoms. The number of carboxylic acids is 1. The van der Waals surface area contributed by atoms with Crippen LogP contribution in [0.25, 0.3) is 32.8 Å². The highest BCUT2D eigenvalue weighted by molar-refractivity contribution is 7.89. The van der Waals surface area contributed by atoms with Gasteiger partial charge >= 0.3 is 5.97 Å². The predicted octanol–water partition coefficient (Wildman–Crippen LogP) is 6.95. The number of aromatic amines is 1. The maximum absolute atomic E-state index is 13.1. The second kappa shape index (κ2) is 13.6. The minimum atomic E-state index is -3.58. The zero-order valence-electron chi connectivity index (χ0n) is 26.0. The van der Waals surface area contributed by atoms with E-state index in [1.807, 2.05) is 81.6 Å². The average molecular weight is 651 g/mol. The first-order valence-corrected chi connectivity index (χ1v) is 17.3. The number of benzene rings is 3. The van der Waals surface area contributed by atoms with Gasteiger partial charge in [0.05, 0.1) is 29.6 Å². The molecule has 0 amide bonds. The van der Waals surface area contributed by atoms with E-state index in [0.29, 0.717) is 49.1 Å². The third-order valence-corrected chi connectivity index (χ3v) is 10.7. The lowest BCUT2D eigenvalue weighted by Gasteiger charge is -2.24. The lowest BCUT2D eigenvalue weighted by Crippen LogP contribution is -2.32. The fourth-order valence-electron chi connectivity index (χ4n) is 6.04. The van der Waals surface area contributed by atoms with Crippen LogP contribution in [0, 0.1) is 0 Å². The fourth-order valence-corrected chi connectivity index (χ4v) is 7.71. The Morgan fingerprint density at radius 3 is 2.53 bits per heavy atom. The van der Waals surface area contributed by atoms with Gasteiger partial charge in [-0.3, -0.25) is 4.68 Å². The number of hydrogen-bond donors (Lipinski definition) is 2. The topological polar surface area (TPSA) is 118 Å². The van der Waals surface area contributed by atoms with Crippen molar-refractivity contribution < 1.29 is 23.1 Å². The molecule has 0 aliphatic carbocycles.